The van der Waals surface area contributed by atoms with Gasteiger partial charge in [-0.25, -0.2) is 9.36 Å². The van der Waals surface area contributed by atoms with Gasteiger partial charge in [0.05, 0.1) is 33.9 Å². The van der Waals surface area contributed by atoms with Crippen LogP contribution < -0.4 is 0 Å². The molecule has 11 nitrogen and oxygen atoms in total. The Balaban J connectivity index is 4.52. The van der Waals surface area contributed by atoms with E-state index in [0.29, 0.717) is 23.7 Å². The number of rotatable bonds is 30. The van der Waals surface area contributed by atoms with Crippen LogP contribution in [0.4, 0.5) is 0 Å². The van der Waals surface area contributed by atoms with E-state index in [1.54, 1.807) is 0 Å². The summed E-state index contributed by atoms with van der Waals surface area (Å²) in [7, 11) is 1.28. The molecular formula is C32H61NO10P+. The van der Waals surface area contributed by atoms with E-state index in [0.717, 1.165) is 25.3 Å². The van der Waals surface area contributed by atoms with Crippen LogP contribution in [0.5, 0.6) is 0 Å². The largest absolute Gasteiger partial charge is 0.472 e. The summed E-state index contributed by atoms with van der Waals surface area (Å²) < 4.78 is 33.4. The third-order valence-electron chi connectivity index (χ3n) is 6.92. The molecule has 0 spiro atoms. The molecule has 12 heteroatoms. The van der Waals surface area contributed by atoms with E-state index in [-0.39, 0.29) is 38.9 Å². The number of esters is 2. The van der Waals surface area contributed by atoms with Gasteiger partial charge >= 0.3 is 19.8 Å². The SMILES string of the molecule is CCCCCCCCCCCCCCCC(=O)OCC(COP(=O)(O)OCC[N+](C)(C)C)OC(=O)C=CCC(O)CCC=O. The fourth-order valence-electron chi connectivity index (χ4n) is 4.21. The van der Waals surface area contributed by atoms with Crippen LogP contribution in [0.3, 0.4) is 0 Å². The van der Waals surface area contributed by atoms with Crippen LogP contribution in [-0.2, 0) is 37.5 Å². The Morgan fingerprint density at radius 2 is 1.43 bits per heavy atom. The van der Waals surface area contributed by atoms with Gasteiger partial charge in [0, 0.05) is 18.9 Å². The fourth-order valence-corrected chi connectivity index (χ4v) is 4.95. The van der Waals surface area contributed by atoms with Crippen molar-refractivity contribution in [2.75, 3.05) is 47.5 Å². The Hall–Kier alpha value is -1.62. The summed E-state index contributed by atoms with van der Waals surface area (Å²) in [5, 5.41) is 9.79. The van der Waals surface area contributed by atoms with Gasteiger partial charge in [-0.3, -0.25) is 13.8 Å². The lowest BCUT2D eigenvalue weighted by Gasteiger charge is -2.24. The van der Waals surface area contributed by atoms with Gasteiger partial charge < -0.3 is 28.8 Å². The summed E-state index contributed by atoms with van der Waals surface area (Å²) in [6.45, 7) is 1.80. The Kier molecular flexibility index (Phi) is 25.6. The van der Waals surface area contributed by atoms with Gasteiger partial charge in [0.15, 0.2) is 6.10 Å². The molecule has 44 heavy (non-hydrogen) atoms. The predicted octanol–water partition coefficient (Wildman–Crippen LogP) is 6.05. The lowest BCUT2D eigenvalue weighted by Crippen LogP contribution is -2.37. The molecule has 0 aliphatic heterocycles. The van der Waals surface area contributed by atoms with E-state index < -0.39 is 38.6 Å². The molecule has 0 aliphatic rings. The Morgan fingerprint density at radius 3 is 1.98 bits per heavy atom. The molecule has 0 heterocycles. The summed E-state index contributed by atoms with van der Waals surface area (Å²) in [5.41, 5.74) is 0. The molecule has 0 aliphatic carbocycles. The monoisotopic (exact) mass is 650 g/mol. The lowest BCUT2D eigenvalue weighted by molar-refractivity contribution is -0.870. The standard InChI is InChI=1S/C32H60NO10P/c1-5-6-7-8-9-10-11-12-13-14-15-16-17-22-31(36)40-27-30(28-42-44(38,39)41-26-24-33(2,3)4)43-32(37)23-18-20-29(35)21-19-25-34/h18,23,25,29-30,35H,5-17,19-22,24,26-28H2,1-4H3/p+1. The fraction of sp³-hybridized carbons (Fsp3) is 0.844. The first kappa shape index (κ1) is 42.4. The summed E-state index contributed by atoms with van der Waals surface area (Å²) in [5.74, 6) is -1.25. The van der Waals surface area contributed by atoms with Crippen molar-refractivity contribution in [1.29, 1.82) is 0 Å². The topological polar surface area (TPSA) is 146 Å². The van der Waals surface area contributed by atoms with Crippen LogP contribution >= 0.6 is 7.82 Å². The number of phosphoric ester groups is 1. The number of carbonyl (C=O) groups excluding carboxylic acids is 3. The molecule has 0 saturated heterocycles. The average Bonchev–Trinajstić information content (AvgIpc) is 2.95. The molecule has 0 aromatic carbocycles. The van der Waals surface area contributed by atoms with Crippen molar-refractivity contribution in [2.24, 2.45) is 0 Å². The highest BCUT2D eigenvalue weighted by molar-refractivity contribution is 7.47. The summed E-state index contributed by atoms with van der Waals surface area (Å²) in [6.07, 6.45) is 17.7. The number of aliphatic hydroxyl groups excluding tert-OH is 1. The maximum Gasteiger partial charge on any atom is 0.472 e. The minimum absolute atomic E-state index is 0.0228. The molecule has 3 unspecified atom stereocenters. The normalized spacial score (nSPS) is 14.7. The Labute approximate surface area is 265 Å². The van der Waals surface area contributed by atoms with E-state index >= 15 is 0 Å². The zero-order valence-electron chi connectivity index (χ0n) is 27.8. The number of hydrogen-bond donors (Lipinski definition) is 2. The maximum atomic E-state index is 12.3. The second-order valence-corrected chi connectivity index (χ2v) is 13.8. The second kappa shape index (κ2) is 26.6. The number of phosphoric acid groups is 1. The summed E-state index contributed by atoms with van der Waals surface area (Å²) >= 11 is 0. The molecule has 2 N–H and O–H groups in total. The predicted molar refractivity (Wildman–Crippen MR) is 171 cm³/mol. The molecule has 0 saturated carbocycles. The molecule has 0 bridgehead atoms. The molecule has 3 atom stereocenters. The van der Waals surface area contributed by atoms with Gasteiger partial charge in [-0.05, 0) is 19.3 Å². The number of likely N-dealkylation sites (N-methyl/N-ethyl adjacent to an activating group) is 1. The lowest BCUT2D eigenvalue weighted by atomic mass is 10.0. The first-order valence-corrected chi connectivity index (χ1v) is 17.9. The molecule has 0 fully saturated rings. The van der Waals surface area contributed by atoms with Gasteiger partial charge in [-0.1, -0.05) is 90.0 Å². The van der Waals surface area contributed by atoms with E-state index in [2.05, 4.69) is 6.92 Å². The van der Waals surface area contributed by atoms with Crippen molar-refractivity contribution in [3.8, 4) is 0 Å². The van der Waals surface area contributed by atoms with Crippen LogP contribution in [0.15, 0.2) is 12.2 Å². The highest BCUT2D eigenvalue weighted by Crippen LogP contribution is 2.43. The van der Waals surface area contributed by atoms with Gasteiger partial charge in [0.1, 0.15) is 26.0 Å². The number of quaternary nitrogens is 1. The number of carbonyl (C=O) groups is 3. The van der Waals surface area contributed by atoms with Gasteiger partial charge in [0.25, 0.3) is 0 Å². The zero-order valence-corrected chi connectivity index (χ0v) is 28.7. The number of nitrogens with zero attached hydrogens (tertiary/aromatic N) is 1. The third kappa shape index (κ3) is 29.1. The minimum atomic E-state index is -4.43. The van der Waals surface area contributed by atoms with E-state index in [4.69, 9.17) is 18.5 Å². The molecule has 0 amide bonds. The molecule has 0 rings (SSSR count). The average molecular weight is 651 g/mol. The van der Waals surface area contributed by atoms with E-state index in [1.807, 2.05) is 21.1 Å². The maximum absolute atomic E-state index is 12.3. The smallest absolute Gasteiger partial charge is 0.462 e. The highest BCUT2D eigenvalue weighted by Gasteiger charge is 2.26. The molecular weight excluding hydrogens is 589 g/mol. The molecule has 0 radical (unpaired) electrons. The van der Waals surface area contributed by atoms with E-state index in [1.165, 1.54) is 63.9 Å². The first-order chi connectivity index (χ1) is 20.9. The molecule has 0 aromatic rings. The van der Waals surface area contributed by atoms with Crippen molar-refractivity contribution >= 4 is 26.0 Å². The van der Waals surface area contributed by atoms with Crippen molar-refractivity contribution in [3.05, 3.63) is 12.2 Å². The van der Waals surface area contributed by atoms with Crippen molar-refractivity contribution < 1.29 is 52.0 Å². The third-order valence-corrected chi connectivity index (χ3v) is 7.90. The summed E-state index contributed by atoms with van der Waals surface area (Å²) in [4.78, 5) is 45.1. The zero-order chi connectivity index (χ0) is 33.1. The number of ether oxygens (including phenoxy) is 2. The second-order valence-electron chi connectivity index (χ2n) is 12.4. The van der Waals surface area contributed by atoms with Crippen molar-refractivity contribution in [2.45, 2.75) is 128 Å². The van der Waals surface area contributed by atoms with Crippen LogP contribution in [0, 0.1) is 0 Å². The Morgan fingerprint density at radius 1 is 0.864 bits per heavy atom. The van der Waals surface area contributed by atoms with Gasteiger partial charge in [-0.2, -0.15) is 0 Å². The van der Waals surface area contributed by atoms with Crippen LogP contribution in [0.25, 0.3) is 0 Å². The van der Waals surface area contributed by atoms with E-state index in [9.17, 15) is 28.9 Å². The molecule has 0 aromatic heterocycles. The molecule has 258 valence electrons. The first-order valence-electron chi connectivity index (χ1n) is 16.4. The van der Waals surface area contributed by atoms with Crippen LogP contribution in [0.2, 0.25) is 0 Å². The number of aldehydes is 1. The van der Waals surface area contributed by atoms with Crippen molar-refractivity contribution in [1.82, 2.24) is 0 Å². The highest BCUT2D eigenvalue weighted by atomic mass is 31.2. The van der Waals surface area contributed by atoms with Gasteiger partial charge in [-0.15, -0.1) is 0 Å². The number of aliphatic hydroxyl groups is 1. The van der Waals surface area contributed by atoms with Crippen LogP contribution in [0.1, 0.15) is 116 Å². The minimum Gasteiger partial charge on any atom is -0.462 e. The quantitative estimate of drug-likeness (QED) is 0.0235. The van der Waals surface area contributed by atoms with Crippen molar-refractivity contribution in [3.63, 3.8) is 0 Å². The number of unbranched alkanes of at least 4 members (excludes halogenated alkanes) is 12. The Bertz CT molecular complexity index is 830. The van der Waals surface area contributed by atoms with Gasteiger partial charge in [0.2, 0.25) is 0 Å². The van der Waals surface area contributed by atoms with Crippen LogP contribution in [-0.4, -0.2) is 92.4 Å². The number of hydrogen-bond acceptors (Lipinski definition) is 9. The summed E-state index contributed by atoms with van der Waals surface area (Å²) in [6, 6.07) is 0.